The van der Waals surface area contributed by atoms with E-state index < -0.39 is 22.6 Å². The van der Waals surface area contributed by atoms with Crippen LogP contribution in [0.2, 0.25) is 0 Å². The van der Waals surface area contributed by atoms with E-state index in [1.165, 1.54) is 25.1 Å². The predicted molar refractivity (Wildman–Crippen MR) is 67.3 cm³/mol. The molecule has 1 unspecified atom stereocenters. The SMILES string of the molecule is CC(N)(O[SH](=O)=O)c1ccc(N)c(C(=O)N=[N+]=[N-])c1. The highest BCUT2D eigenvalue weighted by atomic mass is 32.2. The summed E-state index contributed by atoms with van der Waals surface area (Å²) in [6.07, 6.45) is 0. The Morgan fingerprint density at radius 2 is 2.16 bits per heavy atom. The molecule has 0 saturated carbocycles. The van der Waals surface area contributed by atoms with Crippen LogP contribution >= 0.6 is 0 Å². The molecule has 4 N–H and O–H groups in total. The molecule has 0 bridgehead atoms. The number of anilines is 1. The number of amides is 1. The van der Waals surface area contributed by atoms with Gasteiger partial charge in [0.15, 0.2) is 5.72 Å². The van der Waals surface area contributed by atoms with Gasteiger partial charge in [-0.1, -0.05) is 6.07 Å². The van der Waals surface area contributed by atoms with E-state index in [0.29, 0.717) is 0 Å². The summed E-state index contributed by atoms with van der Waals surface area (Å²) < 4.78 is 25.6. The van der Waals surface area contributed by atoms with E-state index in [1.54, 1.807) is 0 Å². The van der Waals surface area contributed by atoms with Crippen LogP contribution in [-0.2, 0) is 20.9 Å². The summed E-state index contributed by atoms with van der Waals surface area (Å²) in [5, 5.41) is 2.90. The zero-order chi connectivity index (χ0) is 14.6. The third-order valence-electron chi connectivity index (χ3n) is 2.26. The highest BCUT2D eigenvalue weighted by Gasteiger charge is 2.25. The van der Waals surface area contributed by atoms with Crippen LogP contribution < -0.4 is 11.5 Å². The molecule has 1 rings (SSSR count). The van der Waals surface area contributed by atoms with Crippen molar-refractivity contribution in [3.8, 4) is 0 Å². The normalized spacial score (nSPS) is 13.6. The Balaban J connectivity index is 3.29. The van der Waals surface area contributed by atoms with Crippen molar-refractivity contribution in [1.82, 2.24) is 0 Å². The van der Waals surface area contributed by atoms with Crippen LogP contribution in [0.3, 0.4) is 0 Å². The molecule has 10 heteroatoms. The number of carbonyl (C=O) groups is 1. The molecule has 0 spiro atoms. The molecule has 1 atom stereocenters. The van der Waals surface area contributed by atoms with E-state index in [9.17, 15) is 13.2 Å². The Morgan fingerprint density at radius 1 is 1.53 bits per heavy atom. The lowest BCUT2D eigenvalue weighted by Crippen LogP contribution is -2.36. The number of hydrogen-bond donors (Lipinski definition) is 3. The molecule has 102 valence electrons. The van der Waals surface area contributed by atoms with Crippen LogP contribution in [0.4, 0.5) is 5.69 Å². The van der Waals surface area contributed by atoms with Crippen molar-refractivity contribution in [3.05, 3.63) is 39.8 Å². The van der Waals surface area contributed by atoms with Gasteiger partial charge in [-0.2, -0.15) is 0 Å². The van der Waals surface area contributed by atoms with Crippen molar-refractivity contribution in [2.24, 2.45) is 10.8 Å². The maximum atomic E-state index is 11.5. The average molecular weight is 285 g/mol. The number of nitrogens with zero attached hydrogens (tertiary/aromatic N) is 3. The van der Waals surface area contributed by atoms with Crippen molar-refractivity contribution < 1.29 is 17.4 Å². The second kappa shape index (κ2) is 5.67. The maximum Gasteiger partial charge on any atom is 0.259 e. The molecule has 0 aliphatic heterocycles. The number of carbonyl (C=O) groups excluding carboxylic acids is 1. The molecule has 0 aliphatic rings. The van der Waals surface area contributed by atoms with Gasteiger partial charge in [0.2, 0.25) is 0 Å². The molecule has 0 aliphatic carbocycles. The first-order valence-electron chi connectivity index (χ1n) is 4.89. The van der Waals surface area contributed by atoms with Crippen LogP contribution in [0.5, 0.6) is 0 Å². The van der Waals surface area contributed by atoms with Crippen LogP contribution in [0.1, 0.15) is 22.8 Å². The first-order chi connectivity index (χ1) is 8.77. The lowest BCUT2D eigenvalue weighted by molar-refractivity contribution is 0.0999. The van der Waals surface area contributed by atoms with Gasteiger partial charge in [-0.15, -0.1) is 0 Å². The van der Waals surface area contributed by atoms with Gasteiger partial charge in [-0.25, -0.2) is 12.6 Å². The van der Waals surface area contributed by atoms with E-state index in [-0.39, 0.29) is 16.8 Å². The van der Waals surface area contributed by atoms with E-state index in [1.807, 2.05) is 0 Å². The van der Waals surface area contributed by atoms with E-state index in [2.05, 4.69) is 14.2 Å². The number of rotatable bonds is 4. The lowest BCUT2D eigenvalue weighted by Gasteiger charge is -2.22. The molecule has 1 aromatic carbocycles. The third-order valence-corrected chi connectivity index (χ3v) is 2.78. The molecular weight excluding hydrogens is 274 g/mol. The second-order valence-corrected chi connectivity index (χ2v) is 4.35. The Labute approximate surface area is 109 Å². The molecule has 1 amide bonds. The number of azide groups is 1. The summed E-state index contributed by atoms with van der Waals surface area (Å²) in [5.41, 5.74) is 18.0. The van der Waals surface area contributed by atoms with Gasteiger partial charge in [0, 0.05) is 21.7 Å². The summed E-state index contributed by atoms with van der Waals surface area (Å²) in [7, 11) is -3.17. The maximum absolute atomic E-state index is 11.5. The Kier molecular flexibility index (Phi) is 4.46. The highest BCUT2D eigenvalue weighted by molar-refractivity contribution is 7.67. The number of hydrogen-bond acceptors (Lipinski definition) is 6. The summed E-state index contributed by atoms with van der Waals surface area (Å²) in [6.45, 7) is 1.30. The molecule has 0 saturated heterocycles. The summed E-state index contributed by atoms with van der Waals surface area (Å²) in [4.78, 5) is 13.8. The quantitative estimate of drug-likeness (QED) is 0.181. The van der Waals surface area contributed by atoms with Crippen molar-refractivity contribution in [2.45, 2.75) is 12.6 Å². The Bertz CT molecular complexity index is 625. The minimum absolute atomic E-state index is 0.0726. The van der Waals surface area contributed by atoms with Gasteiger partial charge in [-0.3, -0.25) is 10.5 Å². The van der Waals surface area contributed by atoms with Gasteiger partial charge in [0.05, 0.1) is 0 Å². The monoisotopic (exact) mass is 285 g/mol. The molecule has 0 radical (unpaired) electrons. The largest absolute Gasteiger partial charge is 0.398 e. The van der Waals surface area contributed by atoms with E-state index in [0.717, 1.165) is 0 Å². The molecule has 19 heavy (non-hydrogen) atoms. The third kappa shape index (κ3) is 3.66. The molecule has 0 heterocycles. The molecule has 1 aromatic rings. The van der Waals surface area contributed by atoms with Gasteiger partial charge in [-0.05, 0) is 29.7 Å². The van der Waals surface area contributed by atoms with Crippen molar-refractivity contribution in [2.75, 3.05) is 5.73 Å². The Hall–Kier alpha value is -2.13. The number of nitrogens with two attached hydrogens (primary N) is 2. The van der Waals surface area contributed by atoms with Gasteiger partial charge < -0.3 is 5.73 Å². The molecule has 0 aromatic heterocycles. The van der Waals surface area contributed by atoms with Crippen molar-refractivity contribution in [3.63, 3.8) is 0 Å². The lowest BCUT2D eigenvalue weighted by atomic mass is 10.0. The standard InChI is InChI=1S/C9H11N5O4S/c1-9(11,18-19(16)17)5-2-3-7(10)6(4-5)8(15)13-14-12/h2-4,19H,10-11H2,1H3. The summed E-state index contributed by atoms with van der Waals surface area (Å²) >= 11 is 0. The molecule has 0 fully saturated rings. The number of nitrogen functional groups attached to an aromatic ring is 1. The van der Waals surface area contributed by atoms with Crippen molar-refractivity contribution >= 4 is 22.6 Å². The highest BCUT2D eigenvalue weighted by Crippen LogP contribution is 2.24. The average Bonchev–Trinajstić information content (AvgIpc) is 2.27. The zero-order valence-electron chi connectivity index (χ0n) is 9.81. The van der Waals surface area contributed by atoms with Crippen molar-refractivity contribution in [1.29, 1.82) is 0 Å². The van der Waals surface area contributed by atoms with E-state index >= 15 is 0 Å². The zero-order valence-corrected chi connectivity index (χ0v) is 10.7. The molecule has 9 nitrogen and oxygen atoms in total. The number of benzene rings is 1. The summed E-state index contributed by atoms with van der Waals surface area (Å²) in [6, 6.07) is 3.95. The van der Waals surface area contributed by atoms with Crippen LogP contribution in [0.25, 0.3) is 10.4 Å². The van der Waals surface area contributed by atoms with Crippen LogP contribution in [0, 0.1) is 0 Å². The van der Waals surface area contributed by atoms with Gasteiger partial charge in [0.25, 0.3) is 16.9 Å². The van der Waals surface area contributed by atoms with Crippen LogP contribution in [0.15, 0.2) is 23.3 Å². The summed E-state index contributed by atoms with van der Waals surface area (Å²) in [5.74, 6) is -0.899. The number of thiol groups is 1. The Morgan fingerprint density at radius 3 is 2.68 bits per heavy atom. The fraction of sp³-hybridized carbons (Fsp3) is 0.222. The van der Waals surface area contributed by atoms with E-state index in [4.69, 9.17) is 17.0 Å². The first kappa shape index (κ1) is 14.9. The second-order valence-electron chi connectivity index (χ2n) is 3.72. The fourth-order valence-electron chi connectivity index (χ4n) is 1.35. The van der Waals surface area contributed by atoms with Gasteiger partial charge >= 0.3 is 0 Å². The fourth-order valence-corrected chi connectivity index (χ4v) is 1.77. The molecular formula is C9H11N5O4S. The predicted octanol–water partition coefficient (Wildman–Crippen LogP) is 0.394. The first-order valence-corrected chi connectivity index (χ1v) is 5.99. The smallest absolute Gasteiger partial charge is 0.259 e. The van der Waals surface area contributed by atoms with Gasteiger partial charge in [0.1, 0.15) is 0 Å². The topological polar surface area (TPSA) is 161 Å². The minimum atomic E-state index is -3.17. The minimum Gasteiger partial charge on any atom is -0.398 e. The van der Waals surface area contributed by atoms with Crippen LogP contribution in [-0.4, -0.2) is 14.3 Å².